The zero-order valence-electron chi connectivity index (χ0n) is 12.7. The number of ether oxygens (including phenoxy) is 1. The van der Waals surface area contributed by atoms with Crippen molar-refractivity contribution in [2.45, 2.75) is 44.7 Å². The summed E-state index contributed by atoms with van der Waals surface area (Å²) in [7, 11) is 2.22. The third kappa shape index (κ3) is 3.15. The molecule has 3 rings (SSSR count). The summed E-state index contributed by atoms with van der Waals surface area (Å²) in [5, 5.41) is 3.89. The van der Waals surface area contributed by atoms with E-state index in [1.54, 1.807) is 0 Å². The number of piperidine rings is 1. The zero-order chi connectivity index (χ0) is 13.9. The van der Waals surface area contributed by atoms with E-state index >= 15 is 0 Å². The normalized spacial score (nSPS) is 24.8. The van der Waals surface area contributed by atoms with Crippen LogP contribution in [0.15, 0.2) is 18.2 Å². The van der Waals surface area contributed by atoms with Crippen LogP contribution in [0.4, 0.5) is 0 Å². The smallest absolute Gasteiger partial charge is 0.124 e. The molecule has 1 N–H and O–H groups in total. The summed E-state index contributed by atoms with van der Waals surface area (Å²) in [4.78, 5) is 2.42. The van der Waals surface area contributed by atoms with Gasteiger partial charge in [-0.05, 0) is 64.4 Å². The maximum atomic E-state index is 5.92. The van der Waals surface area contributed by atoms with Gasteiger partial charge in [-0.25, -0.2) is 0 Å². The molecule has 110 valence electrons. The summed E-state index contributed by atoms with van der Waals surface area (Å²) < 4.78 is 5.92. The number of rotatable bonds is 2. The number of benzene rings is 1. The Hall–Kier alpha value is -1.06. The Kier molecular flexibility index (Phi) is 4.27. The molecule has 3 heteroatoms. The second kappa shape index (κ2) is 6.15. The zero-order valence-corrected chi connectivity index (χ0v) is 12.7. The number of hydrogen-bond acceptors (Lipinski definition) is 3. The Morgan fingerprint density at radius 3 is 2.80 bits per heavy atom. The maximum absolute atomic E-state index is 5.92. The molecule has 1 aromatic rings. The van der Waals surface area contributed by atoms with Gasteiger partial charge >= 0.3 is 0 Å². The molecule has 0 spiro atoms. The molecule has 1 aromatic carbocycles. The predicted molar refractivity (Wildman–Crippen MR) is 82.3 cm³/mol. The second-order valence-corrected chi connectivity index (χ2v) is 6.33. The molecule has 0 aliphatic carbocycles. The fourth-order valence-electron chi connectivity index (χ4n) is 3.31. The van der Waals surface area contributed by atoms with Crippen molar-refractivity contribution < 1.29 is 4.74 Å². The Balaban J connectivity index is 1.73. The van der Waals surface area contributed by atoms with Gasteiger partial charge in [-0.1, -0.05) is 12.1 Å². The molecule has 0 saturated carbocycles. The van der Waals surface area contributed by atoms with E-state index in [1.165, 1.54) is 43.5 Å². The van der Waals surface area contributed by atoms with Gasteiger partial charge in [-0.15, -0.1) is 0 Å². The van der Waals surface area contributed by atoms with E-state index in [-0.39, 0.29) is 0 Å². The van der Waals surface area contributed by atoms with Gasteiger partial charge in [0.15, 0.2) is 0 Å². The third-order valence-corrected chi connectivity index (χ3v) is 4.59. The van der Waals surface area contributed by atoms with E-state index in [0.29, 0.717) is 12.1 Å². The molecule has 0 aromatic heterocycles. The molecular formula is C17H26N2O. The number of fused-ring (bicyclic) bond motifs is 1. The first kappa shape index (κ1) is 13.9. The van der Waals surface area contributed by atoms with E-state index in [1.807, 2.05) is 0 Å². The molecule has 1 fully saturated rings. The van der Waals surface area contributed by atoms with Crippen LogP contribution in [0, 0.1) is 6.92 Å². The van der Waals surface area contributed by atoms with Gasteiger partial charge in [0.25, 0.3) is 0 Å². The monoisotopic (exact) mass is 274 g/mol. The van der Waals surface area contributed by atoms with E-state index in [4.69, 9.17) is 4.74 Å². The molecule has 2 aliphatic rings. The summed E-state index contributed by atoms with van der Waals surface area (Å²) >= 11 is 0. The molecule has 0 bridgehead atoms. The first-order chi connectivity index (χ1) is 9.72. The van der Waals surface area contributed by atoms with Crippen LogP contribution in [0.3, 0.4) is 0 Å². The minimum Gasteiger partial charge on any atom is -0.493 e. The van der Waals surface area contributed by atoms with Gasteiger partial charge in [-0.3, -0.25) is 0 Å². The molecule has 1 atom stereocenters. The molecule has 1 unspecified atom stereocenters. The van der Waals surface area contributed by atoms with Gasteiger partial charge in [0.1, 0.15) is 5.75 Å². The Morgan fingerprint density at radius 1 is 1.20 bits per heavy atom. The van der Waals surface area contributed by atoms with Gasteiger partial charge in [-0.2, -0.15) is 0 Å². The van der Waals surface area contributed by atoms with E-state index in [9.17, 15) is 0 Å². The topological polar surface area (TPSA) is 24.5 Å². The molecule has 0 radical (unpaired) electrons. The van der Waals surface area contributed by atoms with Gasteiger partial charge in [0, 0.05) is 17.6 Å². The minimum atomic E-state index is 0.460. The molecule has 3 nitrogen and oxygen atoms in total. The summed E-state index contributed by atoms with van der Waals surface area (Å²) in [5.41, 5.74) is 2.63. The molecule has 2 aliphatic heterocycles. The van der Waals surface area contributed by atoms with Crippen LogP contribution in [-0.2, 0) is 0 Å². The third-order valence-electron chi connectivity index (χ3n) is 4.59. The SMILES string of the molecule is Cc1ccc2c(c1)OCCCC2NC1CCN(C)CC1. The quantitative estimate of drug-likeness (QED) is 0.897. The van der Waals surface area contributed by atoms with Crippen LogP contribution in [0.5, 0.6) is 5.75 Å². The largest absolute Gasteiger partial charge is 0.493 e. The van der Waals surface area contributed by atoms with Gasteiger partial charge in [0.05, 0.1) is 6.61 Å². The summed E-state index contributed by atoms with van der Waals surface area (Å²) in [6, 6.07) is 7.76. The minimum absolute atomic E-state index is 0.460. The molecule has 2 heterocycles. The van der Waals surface area contributed by atoms with Crippen LogP contribution >= 0.6 is 0 Å². The lowest BCUT2D eigenvalue weighted by Gasteiger charge is -2.32. The van der Waals surface area contributed by atoms with Crippen molar-refractivity contribution in [2.75, 3.05) is 26.7 Å². The van der Waals surface area contributed by atoms with Gasteiger partial charge < -0.3 is 15.0 Å². The van der Waals surface area contributed by atoms with Crippen molar-refractivity contribution in [1.29, 1.82) is 0 Å². The standard InChI is InChI=1S/C17H26N2O/c1-13-5-6-15-16(4-3-11-20-17(15)12-13)18-14-7-9-19(2)10-8-14/h5-6,12,14,16,18H,3-4,7-11H2,1-2H3. The van der Waals surface area contributed by atoms with Crippen molar-refractivity contribution in [3.63, 3.8) is 0 Å². The fourth-order valence-corrected chi connectivity index (χ4v) is 3.31. The Labute approximate surface area is 122 Å². The molecular weight excluding hydrogens is 248 g/mol. The average Bonchev–Trinajstić information content (AvgIpc) is 2.63. The first-order valence-electron chi connectivity index (χ1n) is 7.90. The molecule has 1 saturated heterocycles. The van der Waals surface area contributed by atoms with Crippen molar-refractivity contribution in [3.05, 3.63) is 29.3 Å². The second-order valence-electron chi connectivity index (χ2n) is 6.33. The van der Waals surface area contributed by atoms with Crippen LogP contribution < -0.4 is 10.1 Å². The highest BCUT2D eigenvalue weighted by molar-refractivity contribution is 5.40. The van der Waals surface area contributed by atoms with E-state index in [2.05, 4.69) is 42.4 Å². The summed E-state index contributed by atoms with van der Waals surface area (Å²) in [6.07, 6.45) is 4.84. The van der Waals surface area contributed by atoms with Crippen LogP contribution in [-0.4, -0.2) is 37.7 Å². The van der Waals surface area contributed by atoms with Gasteiger partial charge in [0.2, 0.25) is 0 Å². The highest BCUT2D eigenvalue weighted by Crippen LogP contribution is 2.33. The fraction of sp³-hybridized carbons (Fsp3) is 0.647. The van der Waals surface area contributed by atoms with Crippen molar-refractivity contribution in [2.24, 2.45) is 0 Å². The first-order valence-corrected chi connectivity index (χ1v) is 7.90. The van der Waals surface area contributed by atoms with Crippen molar-refractivity contribution in [3.8, 4) is 5.75 Å². The van der Waals surface area contributed by atoms with Crippen LogP contribution in [0.1, 0.15) is 42.9 Å². The van der Waals surface area contributed by atoms with E-state index in [0.717, 1.165) is 18.8 Å². The lowest BCUT2D eigenvalue weighted by Crippen LogP contribution is -2.42. The summed E-state index contributed by atoms with van der Waals surface area (Å²) in [6.45, 7) is 5.40. The number of likely N-dealkylation sites (tertiary alicyclic amines) is 1. The lowest BCUT2D eigenvalue weighted by atomic mass is 9.97. The van der Waals surface area contributed by atoms with Crippen LogP contribution in [0.25, 0.3) is 0 Å². The molecule has 20 heavy (non-hydrogen) atoms. The Morgan fingerprint density at radius 2 is 2.00 bits per heavy atom. The van der Waals surface area contributed by atoms with Crippen LogP contribution in [0.2, 0.25) is 0 Å². The number of aryl methyl sites for hydroxylation is 1. The van der Waals surface area contributed by atoms with Crippen molar-refractivity contribution in [1.82, 2.24) is 10.2 Å². The van der Waals surface area contributed by atoms with E-state index < -0.39 is 0 Å². The average molecular weight is 274 g/mol. The number of nitrogens with zero attached hydrogens (tertiary/aromatic N) is 1. The Bertz CT molecular complexity index is 452. The number of hydrogen-bond donors (Lipinski definition) is 1. The lowest BCUT2D eigenvalue weighted by molar-refractivity contribution is 0.222. The number of nitrogens with one attached hydrogen (secondary N) is 1. The predicted octanol–water partition coefficient (Wildman–Crippen LogP) is 2.89. The van der Waals surface area contributed by atoms with Crippen molar-refractivity contribution >= 4 is 0 Å². The molecule has 0 amide bonds. The maximum Gasteiger partial charge on any atom is 0.124 e. The highest BCUT2D eigenvalue weighted by Gasteiger charge is 2.24. The highest BCUT2D eigenvalue weighted by atomic mass is 16.5. The summed E-state index contributed by atoms with van der Waals surface area (Å²) in [5.74, 6) is 1.09.